The molecule has 6 heteroatoms. The van der Waals surface area contributed by atoms with Crippen LogP contribution in [0.15, 0.2) is 18.2 Å². The van der Waals surface area contributed by atoms with Gasteiger partial charge in [-0.2, -0.15) is 0 Å². The summed E-state index contributed by atoms with van der Waals surface area (Å²) in [4.78, 5) is 13.9. The number of halogens is 3. The summed E-state index contributed by atoms with van der Waals surface area (Å²) in [6, 6.07) is 4.25. The summed E-state index contributed by atoms with van der Waals surface area (Å²) in [5.74, 6) is -0.476. The zero-order chi connectivity index (χ0) is 14.5. The normalized spacial score (nSPS) is 16.4. The molecular weight excluding hydrogens is 304 g/mol. The van der Waals surface area contributed by atoms with Crippen LogP contribution in [0.25, 0.3) is 0 Å². The van der Waals surface area contributed by atoms with Gasteiger partial charge in [0.05, 0.1) is 23.3 Å². The second-order valence-electron chi connectivity index (χ2n) is 4.65. The molecule has 0 atom stereocenters. The van der Waals surface area contributed by atoms with Gasteiger partial charge in [-0.1, -0.05) is 17.7 Å². The maximum Gasteiger partial charge on any atom is 0.258 e. The molecule has 1 aliphatic heterocycles. The lowest BCUT2D eigenvalue weighted by Crippen LogP contribution is -2.41. The van der Waals surface area contributed by atoms with Crippen LogP contribution in [0.3, 0.4) is 0 Å². The van der Waals surface area contributed by atoms with Crippen LogP contribution in [-0.2, 0) is 4.74 Å². The zero-order valence-corrected chi connectivity index (χ0v) is 12.5. The highest BCUT2D eigenvalue weighted by molar-refractivity contribution is 6.33. The van der Waals surface area contributed by atoms with Crippen LogP contribution < -0.4 is 0 Å². The van der Waals surface area contributed by atoms with E-state index in [1.54, 1.807) is 4.90 Å². The van der Waals surface area contributed by atoms with Gasteiger partial charge in [0.2, 0.25) is 0 Å². The molecule has 1 amide bonds. The molecule has 0 aromatic heterocycles. The summed E-state index contributed by atoms with van der Waals surface area (Å²) in [7, 11) is 0. The molecule has 2 rings (SSSR count). The molecule has 20 heavy (non-hydrogen) atoms. The highest BCUT2D eigenvalue weighted by atomic mass is 35.5. The summed E-state index contributed by atoms with van der Waals surface area (Å²) < 4.78 is 19.3. The average molecular weight is 320 g/mol. The van der Waals surface area contributed by atoms with Gasteiger partial charge in [0.15, 0.2) is 0 Å². The third kappa shape index (κ3) is 3.62. The number of carbonyl (C=O) groups is 1. The van der Waals surface area contributed by atoms with Crippen molar-refractivity contribution >= 4 is 29.1 Å². The van der Waals surface area contributed by atoms with Crippen molar-refractivity contribution in [2.75, 3.05) is 25.6 Å². The summed E-state index contributed by atoms with van der Waals surface area (Å²) >= 11 is 11.5. The molecule has 0 aliphatic carbocycles. The van der Waals surface area contributed by atoms with Gasteiger partial charge in [-0.25, -0.2) is 4.39 Å². The smallest absolute Gasteiger partial charge is 0.258 e. The van der Waals surface area contributed by atoms with Crippen molar-refractivity contribution in [3.63, 3.8) is 0 Å². The Morgan fingerprint density at radius 2 is 2.10 bits per heavy atom. The number of carbonyl (C=O) groups excluding carboxylic acids is 1. The van der Waals surface area contributed by atoms with E-state index in [1.165, 1.54) is 18.2 Å². The maximum absolute atomic E-state index is 13.7. The summed E-state index contributed by atoms with van der Waals surface area (Å²) in [6.45, 7) is 1.59. The predicted octanol–water partition coefficient (Wildman–Crippen LogP) is 3.34. The molecule has 1 fully saturated rings. The lowest BCUT2D eigenvalue weighted by atomic mass is 10.1. The number of hydrogen-bond donors (Lipinski definition) is 0. The number of nitrogens with zero attached hydrogens (tertiary/aromatic N) is 1. The molecule has 0 unspecified atom stereocenters. The third-order valence-corrected chi connectivity index (χ3v) is 3.81. The first kappa shape index (κ1) is 15.5. The molecular formula is C14H16Cl2FNO2. The molecule has 1 heterocycles. The van der Waals surface area contributed by atoms with Crippen LogP contribution in [0, 0.1) is 5.82 Å². The van der Waals surface area contributed by atoms with Crippen LogP contribution in [0.4, 0.5) is 4.39 Å². The van der Waals surface area contributed by atoms with Crippen LogP contribution in [0.2, 0.25) is 5.02 Å². The number of amides is 1. The highest BCUT2D eigenvalue weighted by Crippen LogP contribution is 2.23. The molecule has 0 spiro atoms. The van der Waals surface area contributed by atoms with Crippen molar-refractivity contribution in [2.45, 2.75) is 18.9 Å². The zero-order valence-electron chi connectivity index (χ0n) is 10.9. The van der Waals surface area contributed by atoms with Gasteiger partial charge >= 0.3 is 0 Å². The topological polar surface area (TPSA) is 29.5 Å². The Labute approximate surface area is 127 Å². The first-order chi connectivity index (χ1) is 9.63. The van der Waals surface area contributed by atoms with Gasteiger partial charge in [-0.05, 0) is 25.0 Å². The Bertz CT molecular complexity index is 456. The van der Waals surface area contributed by atoms with Crippen LogP contribution in [0.5, 0.6) is 0 Å². The van der Waals surface area contributed by atoms with E-state index in [2.05, 4.69) is 0 Å². The third-order valence-electron chi connectivity index (χ3n) is 3.34. The Morgan fingerprint density at radius 1 is 1.40 bits per heavy atom. The van der Waals surface area contributed by atoms with Gasteiger partial charge in [-0.3, -0.25) is 4.79 Å². The fourth-order valence-corrected chi connectivity index (χ4v) is 2.63. The number of rotatable bonds is 4. The Balaban J connectivity index is 1.98. The standard InChI is InChI=1S/C14H16Cl2FNO2/c15-6-9-20-10-4-7-18(8-5-10)14(19)13-11(16)2-1-3-12(13)17/h1-3,10H,4-9H2. The van der Waals surface area contributed by atoms with Crippen LogP contribution in [-0.4, -0.2) is 42.5 Å². The molecule has 1 saturated heterocycles. The van der Waals surface area contributed by atoms with Crippen molar-refractivity contribution in [2.24, 2.45) is 0 Å². The fraction of sp³-hybridized carbons (Fsp3) is 0.500. The quantitative estimate of drug-likeness (QED) is 0.797. The van der Waals surface area contributed by atoms with Crippen molar-refractivity contribution < 1.29 is 13.9 Å². The first-order valence-electron chi connectivity index (χ1n) is 6.54. The van der Waals surface area contributed by atoms with E-state index in [0.29, 0.717) is 25.6 Å². The van der Waals surface area contributed by atoms with E-state index in [0.717, 1.165) is 12.8 Å². The minimum absolute atomic E-state index is 0.0470. The summed E-state index contributed by atoms with van der Waals surface area (Å²) in [5, 5.41) is 0.149. The number of ether oxygens (including phenoxy) is 1. The number of likely N-dealkylation sites (tertiary alicyclic amines) is 1. The van der Waals surface area contributed by atoms with E-state index >= 15 is 0 Å². The molecule has 0 bridgehead atoms. The molecule has 0 radical (unpaired) electrons. The van der Waals surface area contributed by atoms with Crippen LogP contribution in [0.1, 0.15) is 23.2 Å². The number of benzene rings is 1. The lowest BCUT2D eigenvalue weighted by Gasteiger charge is -2.32. The molecule has 1 aromatic rings. The van der Waals surface area contributed by atoms with Crippen molar-refractivity contribution in [3.8, 4) is 0 Å². The second kappa shape index (κ2) is 7.25. The van der Waals surface area contributed by atoms with E-state index in [-0.39, 0.29) is 22.6 Å². The maximum atomic E-state index is 13.7. The number of alkyl halides is 1. The van der Waals surface area contributed by atoms with Crippen molar-refractivity contribution in [1.82, 2.24) is 4.90 Å². The second-order valence-corrected chi connectivity index (χ2v) is 5.43. The van der Waals surface area contributed by atoms with Crippen molar-refractivity contribution in [1.29, 1.82) is 0 Å². The fourth-order valence-electron chi connectivity index (χ4n) is 2.30. The van der Waals surface area contributed by atoms with Gasteiger partial charge < -0.3 is 9.64 Å². The van der Waals surface area contributed by atoms with Gasteiger partial charge in [0, 0.05) is 19.0 Å². The van der Waals surface area contributed by atoms with E-state index in [9.17, 15) is 9.18 Å². The monoisotopic (exact) mass is 319 g/mol. The Kier molecular flexibility index (Phi) is 5.64. The minimum Gasteiger partial charge on any atom is -0.377 e. The SMILES string of the molecule is O=C(c1c(F)cccc1Cl)N1CCC(OCCCl)CC1. The Hall–Kier alpha value is -0.840. The van der Waals surface area contributed by atoms with Gasteiger partial charge in [-0.15, -0.1) is 11.6 Å². The molecule has 1 aromatic carbocycles. The summed E-state index contributed by atoms with van der Waals surface area (Å²) in [5.41, 5.74) is -0.0470. The summed E-state index contributed by atoms with van der Waals surface area (Å²) in [6.07, 6.45) is 1.58. The predicted molar refractivity (Wildman–Crippen MR) is 77.0 cm³/mol. The van der Waals surface area contributed by atoms with Gasteiger partial charge in [0.25, 0.3) is 5.91 Å². The number of piperidine rings is 1. The molecule has 0 N–H and O–H groups in total. The lowest BCUT2D eigenvalue weighted by molar-refractivity contribution is 0.0153. The van der Waals surface area contributed by atoms with E-state index in [1.807, 2.05) is 0 Å². The molecule has 3 nitrogen and oxygen atoms in total. The van der Waals surface area contributed by atoms with Crippen molar-refractivity contribution in [3.05, 3.63) is 34.6 Å². The molecule has 0 saturated carbocycles. The average Bonchev–Trinajstić information content (AvgIpc) is 2.45. The van der Waals surface area contributed by atoms with E-state index in [4.69, 9.17) is 27.9 Å². The molecule has 110 valence electrons. The number of hydrogen-bond acceptors (Lipinski definition) is 2. The van der Waals surface area contributed by atoms with Gasteiger partial charge in [0.1, 0.15) is 5.82 Å². The Morgan fingerprint density at radius 3 is 2.70 bits per heavy atom. The largest absolute Gasteiger partial charge is 0.377 e. The minimum atomic E-state index is -0.581. The highest BCUT2D eigenvalue weighted by Gasteiger charge is 2.26. The van der Waals surface area contributed by atoms with Crippen LogP contribution >= 0.6 is 23.2 Å². The molecule has 1 aliphatic rings. The van der Waals surface area contributed by atoms with E-state index < -0.39 is 5.82 Å². The first-order valence-corrected chi connectivity index (χ1v) is 7.45.